The second-order valence-electron chi connectivity index (χ2n) is 5.79. The van der Waals surface area contributed by atoms with Crippen molar-refractivity contribution in [2.45, 2.75) is 51.3 Å². The van der Waals surface area contributed by atoms with Gasteiger partial charge < -0.3 is 14.8 Å². The van der Waals surface area contributed by atoms with Crippen LogP contribution in [0.1, 0.15) is 32.6 Å². The van der Waals surface area contributed by atoms with E-state index >= 15 is 0 Å². The summed E-state index contributed by atoms with van der Waals surface area (Å²) in [4.78, 5) is 12.2. The number of amides is 1. The van der Waals surface area contributed by atoms with Crippen molar-refractivity contribution in [3.05, 3.63) is 12.4 Å². The Labute approximate surface area is 124 Å². The first kappa shape index (κ1) is 14.4. The Morgan fingerprint density at radius 1 is 1.52 bits per heavy atom. The molecule has 2 aliphatic rings. The minimum absolute atomic E-state index is 0.00842. The molecule has 6 heteroatoms. The Bertz CT molecular complexity index is 482. The molecule has 2 fully saturated rings. The molecule has 1 amide bonds. The third-order valence-electron chi connectivity index (χ3n) is 4.30. The molecule has 21 heavy (non-hydrogen) atoms. The van der Waals surface area contributed by atoms with E-state index < -0.39 is 0 Å². The van der Waals surface area contributed by atoms with Crippen molar-refractivity contribution in [3.63, 3.8) is 0 Å². The van der Waals surface area contributed by atoms with Crippen molar-refractivity contribution in [2.24, 2.45) is 5.92 Å². The van der Waals surface area contributed by atoms with Crippen molar-refractivity contribution in [1.29, 1.82) is 0 Å². The molecule has 0 unspecified atom stereocenters. The summed E-state index contributed by atoms with van der Waals surface area (Å²) in [6.45, 7) is 4.11. The average molecular weight is 293 g/mol. The molecule has 0 spiro atoms. The van der Waals surface area contributed by atoms with Gasteiger partial charge in [0.2, 0.25) is 5.91 Å². The molecule has 3 atom stereocenters. The smallest absolute Gasteiger partial charge is 0.225 e. The van der Waals surface area contributed by atoms with Crippen LogP contribution in [-0.4, -0.2) is 41.0 Å². The molecule has 1 saturated heterocycles. The van der Waals surface area contributed by atoms with Crippen molar-refractivity contribution in [1.82, 2.24) is 15.1 Å². The summed E-state index contributed by atoms with van der Waals surface area (Å²) in [5.74, 6) is 0.901. The van der Waals surface area contributed by atoms with Crippen molar-refractivity contribution >= 4 is 5.91 Å². The highest BCUT2D eigenvalue weighted by molar-refractivity contribution is 5.79. The highest BCUT2D eigenvalue weighted by atomic mass is 16.5. The van der Waals surface area contributed by atoms with Gasteiger partial charge in [-0.05, 0) is 32.6 Å². The molecule has 116 valence electrons. The van der Waals surface area contributed by atoms with Gasteiger partial charge in [0.25, 0.3) is 0 Å². The number of aryl methyl sites for hydroxylation is 1. The van der Waals surface area contributed by atoms with E-state index in [9.17, 15) is 4.79 Å². The first-order valence-electron chi connectivity index (χ1n) is 7.83. The van der Waals surface area contributed by atoms with Crippen LogP contribution in [0.15, 0.2) is 12.4 Å². The van der Waals surface area contributed by atoms with Gasteiger partial charge in [-0.15, -0.1) is 0 Å². The summed E-state index contributed by atoms with van der Waals surface area (Å²) in [6, 6.07) is 0.100. The molecule has 0 bridgehead atoms. The number of carbonyl (C=O) groups excluding carboxylic acids is 1. The predicted molar refractivity (Wildman–Crippen MR) is 77.0 cm³/mol. The first-order chi connectivity index (χ1) is 10.3. The van der Waals surface area contributed by atoms with Crippen LogP contribution in [0.4, 0.5) is 0 Å². The lowest BCUT2D eigenvalue weighted by Crippen LogP contribution is -2.45. The van der Waals surface area contributed by atoms with Gasteiger partial charge >= 0.3 is 0 Å². The van der Waals surface area contributed by atoms with E-state index in [-0.39, 0.29) is 24.0 Å². The molecule has 1 aromatic heterocycles. The molecule has 1 saturated carbocycles. The minimum atomic E-state index is 0.00842. The number of hydrogen-bond acceptors (Lipinski definition) is 4. The average Bonchev–Trinajstić information content (AvgIpc) is 3.21. The second-order valence-corrected chi connectivity index (χ2v) is 5.79. The van der Waals surface area contributed by atoms with Crippen molar-refractivity contribution in [2.75, 3.05) is 13.2 Å². The minimum Gasteiger partial charge on any atom is -0.485 e. The summed E-state index contributed by atoms with van der Waals surface area (Å²) < 4.78 is 13.1. The summed E-state index contributed by atoms with van der Waals surface area (Å²) in [6.07, 6.45) is 7.56. The lowest BCUT2D eigenvalue weighted by Gasteiger charge is -2.22. The standard InChI is InChI=1S/C15H23N3O3/c1-2-18-9-12(8-16-18)21-14-5-3-4-13(14)17-15(19)11-6-7-20-10-11/h8-9,11,13-14H,2-7,10H2,1H3,(H,17,19)/t11-,13-,14+/m0/s1. The Hall–Kier alpha value is -1.56. The quantitative estimate of drug-likeness (QED) is 0.890. The number of nitrogens with one attached hydrogen (secondary N) is 1. The molecule has 0 aromatic carbocycles. The number of hydrogen-bond donors (Lipinski definition) is 1. The van der Waals surface area contributed by atoms with Crippen LogP contribution in [0.2, 0.25) is 0 Å². The van der Waals surface area contributed by atoms with Gasteiger partial charge in [-0.25, -0.2) is 0 Å². The zero-order valence-electron chi connectivity index (χ0n) is 12.5. The van der Waals surface area contributed by atoms with Gasteiger partial charge in [-0.2, -0.15) is 5.10 Å². The molecule has 6 nitrogen and oxygen atoms in total. The van der Waals surface area contributed by atoms with Gasteiger partial charge in [0, 0.05) is 13.2 Å². The third-order valence-corrected chi connectivity index (χ3v) is 4.30. The van der Waals surface area contributed by atoms with Crippen molar-refractivity contribution in [3.8, 4) is 5.75 Å². The van der Waals surface area contributed by atoms with E-state index in [0.717, 1.165) is 38.0 Å². The summed E-state index contributed by atoms with van der Waals surface area (Å²) in [5, 5.41) is 7.35. The Kier molecular flexibility index (Phi) is 4.43. The van der Waals surface area contributed by atoms with E-state index in [1.807, 2.05) is 17.8 Å². The van der Waals surface area contributed by atoms with E-state index in [1.165, 1.54) is 0 Å². The Balaban J connectivity index is 1.55. The lowest BCUT2D eigenvalue weighted by molar-refractivity contribution is -0.126. The molecule has 1 aliphatic carbocycles. The number of rotatable bonds is 5. The molecule has 1 N–H and O–H groups in total. The Morgan fingerprint density at radius 3 is 3.14 bits per heavy atom. The van der Waals surface area contributed by atoms with Gasteiger partial charge in [0.1, 0.15) is 6.10 Å². The van der Waals surface area contributed by atoms with Gasteiger partial charge in [0.15, 0.2) is 5.75 Å². The molecule has 3 rings (SSSR count). The number of nitrogens with zero attached hydrogens (tertiary/aromatic N) is 2. The third kappa shape index (κ3) is 3.37. The van der Waals surface area contributed by atoms with Crippen LogP contribution in [0.5, 0.6) is 5.75 Å². The summed E-state index contributed by atoms with van der Waals surface area (Å²) in [7, 11) is 0. The maximum atomic E-state index is 12.2. The predicted octanol–water partition coefficient (Wildman–Crippen LogP) is 1.36. The van der Waals surface area contributed by atoms with E-state index in [2.05, 4.69) is 10.4 Å². The molecule has 2 heterocycles. The van der Waals surface area contributed by atoms with E-state index in [0.29, 0.717) is 13.2 Å². The number of ether oxygens (including phenoxy) is 2. The van der Waals surface area contributed by atoms with Crippen LogP contribution in [0, 0.1) is 5.92 Å². The normalized spacial score (nSPS) is 28.7. The molecule has 1 aromatic rings. The fourth-order valence-corrected chi connectivity index (χ4v) is 3.03. The van der Waals surface area contributed by atoms with E-state index in [4.69, 9.17) is 9.47 Å². The molecule has 1 aliphatic heterocycles. The highest BCUT2D eigenvalue weighted by Gasteiger charge is 2.33. The first-order valence-corrected chi connectivity index (χ1v) is 7.83. The van der Waals surface area contributed by atoms with Gasteiger partial charge in [-0.3, -0.25) is 9.48 Å². The van der Waals surface area contributed by atoms with Crippen LogP contribution in [0.3, 0.4) is 0 Å². The topological polar surface area (TPSA) is 65.4 Å². The van der Waals surface area contributed by atoms with E-state index in [1.54, 1.807) is 6.20 Å². The van der Waals surface area contributed by atoms with Crippen LogP contribution >= 0.6 is 0 Å². The number of carbonyl (C=O) groups is 1. The fraction of sp³-hybridized carbons (Fsp3) is 0.733. The van der Waals surface area contributed by atoms with Crippen molar-refractivity contribution < 1.29 is 14.3 Å². The lowest BCUT2D eigenvalue weighted by atomic mass is 10.1. The maximum Gasteiger partial charge on any atom is 0.225 e. The highest BCUT2D eigenvalue weighted by Crippen LogP contribution is 2.25. The number of aromatic nitrogens is 2. The van der Waals surface area contributed by atoms with Crippen LogP contribution in [-0.2, 0) is 16.1 Å². The molecule has 0 radical (unpaired) electrons. The zero-order chi connectivity index (χ0) is 14.7. The molecular weight excluding hydrogens is 270 g/mol. The largest absolute Gasteiger partial charge is 0.485 e. The Morgan fingerprint density at radius 2 is 2.43 bits per heavy atom. The van der Waals surface area contributed by atoms with Crippen LogP contribution < -0.4 is 10.1 Å². The summed E-state index contributed by atoms with van der Waals surface area (Å²) >= 11 is 0. The maximum absolute atomic E-state index is 12.2. The second kappa shape index (κ2) is 6.47. The van der Waals surface area contributed by atoms with Gasteiger partial charge in [-0.1, -0.05) is 0 Å². The SMILES string of the molecule is CCn1cc(O[C@@H]2CCC[C@@H]2NC(=O)[C@H]2CCOC2)cn1. The van der Waals surface area contributed by atoms with Gasteiger partial charge in [0.05, 0.1) is 31.0 Å². The van der Waals surface area contributed by atoms with Crippen LogP contribution in [0.25, 0.3) is 0 Å². The monoisotopic (exact) mass is 293 g/mol. The zero-order valence-corrected chi connectivity index (χ0v) is 12.5. The fourth-order valence-electron chi connectivity index (χ4n) is 3.03. The summed E-state index contributed by atoms with van der Waals surface area (Å²) in [5.41, 5.74) is 0. The molecular formula is C15H23N3O3.